The van der Waals surface area contributed by atoms with E-state index in [1.54, 1.807) is 7.11 Å². The summed E-state index contributed by atoms with van der Waals surface area (Å²) in [5.74, 6) is -1.16. The van der Waals surface area contributed by atoms with Gasteiger partial charge in [-0.05, 0) is 12.1 Å². The van der Waals surface area contributed by atoms with E-state index in [9.17, 15) is 9.00 Å². The summed E-state index contributed by atoms with van der Waals surface area (Å²) in [4.78, 5) is 10.6. The first-order valence-corrected chi connectivity index (χ1v) is 7.33. The number of carbonyl (C=O) groups is 1. The zero-order valence-corrected chi connectivity index (χ0v) is 12.0. The van der Waals surface area contributed by atoms with Gasteiger partial charge in [0.05, 0.1) is 49.6 Å². The van der Waals surface area contributed by atoms with Gasteiger partial charge < -0.3 is 23.7 Å². The van der Waals surface area contributed by atoms with Crippen LogP contribution in [0.2, 0.25) is 0 Å². The van der Waals surface area contributed by atoms with E-state index in [0.717, 1.165) is 0 Å². The lowest BCUT2D eigenvalue weighted by atomic mass is 10.5. The van der Waals surface area contributed by atoms with E-state index in [0.29, 0.717) is 26.4 Å². The largest absolute Gasteiger partial charge is 0.475 e. The second kappa shape index (κ2) is 9.65. The van der Waals surface area contributed by atoms with E-state index in [1.807, 2.05) is 0 Å². The molecule has 0 amide bonds. The van der Waals surface area contributed by atoms with Gasteiger partial charge in [-0.3, -0.25) is 4.21 Å². The Morgan fingerprint density at radius 2 is 1.85 bits per heavy atom. The molecule has 7 nitrogen and oxygen atoms in total. The van der Waals surface area contributed by atoms with E-state index < -0.39 is 16.8 Å². The second-order valence-corrected chi connectivity index (χ2v) is 5.19. The predicted octanol–water partition coefficient (Wildman–Crippen LogP) is 0.765. The van der Waals surface area contributed by atoms with E-state index >= 15 is 0 Å². The minimum atomic E-state index is -1.41. The van der Waals surface area contributed by atoms with Crippen LogP contribution >= 0.6 is 0 Å². The van der Waals surface area contributed by atoms with Crippen LogP contribution in [-0.4, -0.2) is 61.2 Å². The summed E-state index contributed by atoms with van der Waals surface area (Å²) in [7, 11) is 0.192. The van der Waals surface area contributed by atoms with Crippen molar-refractivity contribution in [2.75, 3.05) is 45.9 Å². The van der Waals surface area contributed by atoms with E-state index in [4.69, 9.17) is 23.7 Å². The van der Waals surface area contributed by atoms with E-state index in [2.05, 4.69) is 0 Å². The van der Waals surface area contributed by atoms with Crippen molar-refractivity contribution in [2.24, 2.45) is 0 Å². The number of rotatable bonds is 11. The summed E-state index contributed by atoms with van der Waals surface area (Å²) in [5, 5.41) is 8.82. The Hall–Kier alpha value is -1.22. The molecule has 0 aliphatic heterocycles. The third kappa shape index (κ3) is 6.29. The number of carboxylic acids is 1. The fraction of sp³-hybridized carbons (Fsp3) is 0.583. The molecule has 1 aromatic heterocycles. The standard InChI is InChI=1S/C12H18O7S/c1-16-4-5-17-6-7-18-8-9-20(15)11-3-2-10(19-11)12(13)14/h2-3H,4-9H2,1H3,(H,13,14). The van der Waals surface area contributed by atoms with Crippen LogP contribution in [0.3, 0.4) is 0 Å². The zero-order chi connectivity index (χ0) is 14.8. The van der Waals surface area contributed by atoms with Crippen molar-refractivity contribution in [1.29, 1.82) is 0 Å². The maximum atomic E-state index is 11.8. The summed E-state index contributed by atoms with van der Waals surface area (Å²) in [5.41, 5.74) is 0. The fourth-order valence-electron chi connectivity index (χ4n) is 1.26. The molecule has 0 aromatic carbocycles. The highest BCUT2D eigenvalue weighted by atomic mass is 32.2. The first kappa shape index (κ1) is 16.8. The smallest absolute Gasteiger partial charge is 0.371 e. The topological polar surface area (TPSA) is 95.2 Å². The lowest BCUT2D eigenvalue weighted by Gasteiger charge is -2.04. The SMILES string of the molecule is COCCOCCOCCS(=O)c1ccc(C(=O)O)o1. The van der Waals surface area contributed by atoms with Gasteiger partial charge in [0.25, 0.3) is 0 Å². The van der Waals surface area contributed by atoms with Crippen molar-refractivity contribution < 1.29 is 32.7 Å². The molecule has 0 aliphatic carbocycles. The van der Waals surface area contributed by atoms with Crippen LogP contribution in [0.15, 0.2) is 21.6 Å². The molecule has 0 fully saturated rings. The highest BCUT2D eigenvalue weighted by Crippen LogP contribution is 2.12. The van der Waals surface area contributed by atoms with Crippen molar-refractivity contribution in [3.63, 3.8) is 0 Å². The monoisotopic (exact) mass is 306 g/mol. The highest BCUT2D eigenvalue weighted by Gasteiger charge is 2.13. The number of carboxylic acid groups (broad SMARTS) is 1. The summed E-state index contributed by atoms with van der Waals surface area (Å²) in [6, 6.07) is 2.67. The van der Waals surface area contributed by atoms with Crippen molar-refractivity contribution in [3.05, 3.63) is 17.9 Å². The van der Waals surface area contributed by atoms with Crippen molar-refractivity contribution in [3.8, 4) is 0 Å². The molecule has 0 spiro atoms. The minimum absolute atomic E-state index is 0.141. The average Bonchev–Trinajstić information content (AvgIpc) is 2.91. The van der Waals surface area contributed by atoms with Gasteiger partial charge in [0.1, 0.15) is 0 Å². The molecule has 1 atom stereocenters. The molecule has 1 N–H and O–H groups in total. The molecular formula is C12H18O7S. The quantitative estimate of drug-likeness (QED) is 0.603. The third-order valence-electron chi connectivity index (χ3n) is 2.23. The summed E-state index contributed by atoms with van der Waals surface area (Å²) in [6.07, 6.45) is 0. The molecule has 0 saturated carbocycles. The van der Waals surface area contributed by atoms with Gasteiger partial charge in [0, 0.05) is 7.11 Å². The predicted molar refractivity (Wildman–Crippen MR) is 70.5 cm³/mol. The number of hydrogen-bond donors (Lipinski definition) is 1. The number of hydrogen-bond acceptors (Lipinski definition) is 6. The second-order valence-electron chi connectivity index (χ2n) is 3.69. The molecule has 8 heteroatoms. The Labute approximate surface area is 119 Å². The Balaban J connectivity index is 2.12. The van der Waals surface area contributed by atoms with Crippen LogP contribution < -0.4 is 0 Å². The zero-order valence-electron chi connectivity index (χ0n) is 11.2. The Morgan fingerprint density at radius 3 is 2.45 bits per heavy atom. The molecule has 1 unspecified atom stereocenters. The average molecular weight is 306 g/mol. The van der Waals surface area contributed by atoms with Gasteiger partial charge >= 0.3 is 5.97 Å². The fourth-order valence-corrected chi connectivity index (χ4v) is 2.13. The molecular weight excluding hydrogens is 288 g/mol. The molecule has 114 valence electrons. The van der Waals surface area contributed by atoms with Gasteiger partial charge in [-0.1, -0.05) is 0 Å². The van der Waals surface area contributed by atoms with Gasteiger partial charge in [-0.25, -0.2) is 4.79 Å². The summed E-state index contributed by atoms with van der Waals surface area (Å²) in [6.45, 7) is 2.17. The lowest BCUT2D eigenvalue weighted by Crippen LogP contribution is -2.12. The molecule has 1 heterocycles. The normalized spacial score (nSPS) is 12.4. The number of ether oxygens (including phenoxy) is 3. The number of aromatic carboxylic acids is 1. The van der Waals surface area contributed by atoms with Crippen molar-refractivity contribution >= 4 is 16.8 Å². The van der Waals surface area contributed by atoms with Gasteiger partial charge in [-0.15, -0.1) is 0 Å². The first-order chi connectivity index (χ1) is 9.65. The van der Waals surface area contributed by atoms with Gasteiger partial charge in [0.15, 0.2) is 5.09 Å². The molecule has 0 saturated heterocycles. The molecule has 0 radical (unpaired) electrons. The summed E-state index contributed by atoms with van der Waals surface area (Å²) < 4.78 is 31.9. The molecule has 0 bridgehead atoms. The maximum absolute atomic E-state index is 11.8. The number of methoxy groups -OCH3 is 1. The highest BCUT2D eigenvalue weighted by molar-refractivity contribution is 7.84. The molecule has 0 aliphatic rings. The van der Waals surface area contributed by atoms with Crippen LogP contribution in [0.5, 0.6) is 0 Å². The maximum Gasteiger partial charge on any atom is 0.371 e. The van der Waals surface area contributed by atoms with Crippen LogP contribution in [0.4, 0.5) is 0 Å². The lowest BCUT2D eigenvalue weighted by molar-refractivity contribution is 0.0285. The molecule has 1 rings (SSSR count). The first-order valence-electron chi connectivity index (χ1n) is 6.01. The molecule has 1 aromatic rings. The van der Waals surface area contributed by atoms with Crippen LogP contribution in [0.25, 0.3) is 0 Å². The van der Waals surface area contributed by atoms with Crippen molar-refractivity contribution in [2.45, 2.75) is 5.09 Å². The number of furan rings is 1. The third-order valence-corrected chi connectivity index (χ3v) is 3.44. The van der Waals surface area contributed by atoms with Gasteiger partial charge in [0.2, 0.25) is 5.76 Å². The summed E-state index contributed by atoms with van der Waals surface area (Å²) >= 11 is 0. The van der Waals surface area contributed by atoms with Crippen LogP contribution in [0.1, 0.15) is 10.6 Å². The Bertz CT molecular complexity index is 429. The van der Waals surface area contributed by atoms with Gasteiger partial charge in [-0.2, -0.15) is 0 Å². The minimum Gasteiger partial charge on any atom is -0.475 e. The van der Waals surface area contributed by atoms with E-state index in [-0.39, 0.29) is 23.2 Å². The van der Waals surface area contributed by atoms with Crippen LogP contribution in [-0.2, 0) is 25.0 Å². The van der Waals surface area contributed by atoms with Crippen LogP contribution in [0, 0.1) is 0 Å². The Kier molecular flexibility index (Phi) is 8.12. The Morgan fingerprint density at radius 1 is 1.20 bits per heavy atom. The van der Waals surface area contributed by atoms with E-state index in [1.165, 1.54) is 12.1 Å². The molecule has 20 heavy (non-hydrogen) atoms. The van der Waals surface area contributed by atoms with Crippen molar-refractivity contribution in [1.82, 2.24) is 0 Å².